The van der Waals surface area contributed by atoms with Gasteiger partial charge < -0.3 is 10.1 Å². The lowest BCUT2D eigenvalue weighted by Crippen LogP contribution is -2.38. The zero-order chi connectivity index (χ0) is 16.0. The molecule has 0 atom stereocenters. The van der Waals surface area contributed by atoms with Crippen LogP contribution in [0.1, 0.15) is 5.56 Å². The molecule has 0 aromatic heterocycles. The summed E-state index contributed by atoms with van der Waals surface area (Å²) in [6.07, 6.45) is 1.53. The van der Waals surface area contributed by atoms with Crippen LogP contribution in [0.3, 0.4) is 0 Å². The summed E-state index contributed by atoms with van der Waals surface area (Å²) in [6.45, 7) is 5.29. The lowest BCUT2D eigenvalue weighted by molar-refractivity contribution is -0.120. The highest BCUT2D eigenvalue weighted by molar-refractivity contribution is 7.89. The van der Waals surface area contributed by atoms with Crippen LogP contribution in [0.4, 0.5) is 0 Å². The molecule has 0 bridgehead atoms. The molecule has 1 amide bonds. The Hall–Kier alpha value is -1.86. The van der Waals surface area contributed by atoms with Crippen LogP contribution in [-0.4, -0.2) is 45.9 Å². The highest BCUT2D eigenvalue weighted by Crippen LogP contribution is 2.23. The van der Waals surface area contributed by atoms with E-state index < -0.39 is 10.0 Å². The van der Waals surface area contributed by atoms with Gasteiger partial charge in [-0.3, -0.25) is 4.79 Å². The molecule has 0 unspecified atom stereocenters. The van der Waals surface area contributed by atoms with Gasteiger partial charge in [0.05, 0.1) is 18.6 Å². The highest BCUT2D eigenvalue weighted by Gasteiger charge is 2.23. The number of carbonyl (C=O) groups is 1. The van der Waals surface area contributed by atoms with Crippen LogP contribution in [0, 0.1) is 6.92 Å². The quantitative estimate of drug-likeness (QED) is 0.760. The number of ether oxygens (including phenoxy) is 1. The molecule has 0 saturated carbocycles. The second kappa shape index (κ2) is 7.24. The fourth-order valence-corrected chi connectivity index (χ4v) is 2.93. The summed E-state index contributed by atoms with van der Waals surface area (Å²) in [5.41, 5.74) is 0.711. The van der Waals surface area contributed by atoms with Gasteiger partial charge in [-0.1, -0.05) is 6.08 Å². The highest BCUT2D eigenvalue weighted by atomic mass is 32.2. The number of nitrogens with one attached hydrogen (secondary N) is 1. The Balaban J connectivity index is 2.92. The lowest BCUT2D eigenvalue weighted by Gasteiger charge is -2.17. The first-order chi connectivity index (χ1) is 9.82. The van der Waals surface area contributed by atoms with Gasteiger partial charge in [0.25, 0.3) is 0 Å². The summed E-state index contributed by atoms with van der Waals surface area (Å²) in [7, 11) is -0.832. The van der Waals surface area contributed by atoms with Crippen LogP contribution in [0.15, 0.2) is 35.7 Å². The molecule has 0 aliphatic carbocycles. The number of rotatable bonds is 7. The minimum Gasteiger partial charge on any atom is -0.496 e. The number of benzene rings is 1. The second-order valence-electron chi connectivity index (χ2n) is 4.49. The van der Waals surface area contributed by atoms with Crippen molar-refractivity contribution in [2.45, 2.75) is 11.8 Å². The van der Waals surface area contributed by atoms with E-state index in [1.54, 1.807) is 13.0 Å². The molecular formula is C14H20N2O4S. The van der Waals surface area contributed by atoms with Crippen LogP contribution in [0.2, 0.25) is 0 Å². The molecule has 116 valence electrons. The number of sulfonamides is 1. The van der Waals surface area contributed by atoms with Gasteiger partial charge in [-0.25, -0.2) is 8.42 Å². The third-order valence-electron chi connectivity index (χ3n) is 2.88. The number of aryl methyl sites for hydroxylation is 1. The van der Waals surface area contributed by atoms with Crippen LogP contribution in [-0.2, 0) is 14.8 Å². The Morgan fingerprint density at radius 1 is 1.48 bits per heavy atom. The van der Waals surface area contributed by atoms with Crippen LogP contribution in [0.25, 0.3) is 0 Å². The molecule has 1 N–H and O–H groups in total. The molecule has 0 fully saturated rings. The molecule has 7 heteroatoms. The zero-order valence-corrected chi connectivity index (χ0v) is 13.2. The largest absolute Gasteiger partial charge is 0.496 e. The standard InChI is InChI=1S/C14H20N2O4S/c1-5-8-15-14(17)10-16(3)21(18,19)12-6-7-13(20-4)11(2)9-12/h5-7,9H,1,8,10H2,2-4H3,(H,15,17). The molecule has 0 radical (unpaired) electrons. The van der Waals surface area contributed by atoms with E-state index in [1.165, 1.54) is 32.4 Å². The molecule has 0 spiro atoms. The van der Waals surface area contributed by atoms with E-state index in [0.29, 0.717) is 17.9 Å². The predicted octanol–water partition coefficient (Wildman–Crippen LogP) is 0.926. The van der Waals surface area contributed by atoms with Crippen molar-refractivity contribution < 1.29 is 17.9 Å². The first-order valence-corrected chi connectivity index (χ1v) is 7.75. The van der Waals surface area contributed by atoms with Gasteiger partial charge in [0.2, 0.25) is 15.9 Å². The average Bonchev–Trinajstić information content (AvgIpc) is 2.44. The third kappa shape index (κ3) is 4.30. The molecule has 1 aromatic rings. The number of amides is 1. The Bertz CT molecular complexity index is 626. The minimum atomic E-state index is -3.72. The van der Waals surface area contributed by atoms with E-state index in [2.05, 4.69) is 11.9 Å². The van der Waals surface area contributed by atoms with E-state index >= 15 is 0 Å². The smallest absolute Gasteiger partial charge is 0.243 e. The van der Waals surface area contributed by atoms with Gasteiger partial charge in [-0.15, -0.1) is 6.58 Å². The van der Waals surface area contributed by atoms with Crippen molar-refractivity contribution in [1.82, 2.24) is 9.62 Å². The van der Waals surface area contributed by atoms with Crippen molar-refractivity contribution in [2.75, 3.05) is 27.2 Å². The number of methoxy groups -OCH3 is 1. The maximum atomic E-state index is 12.4. The molecule has 1 aromatic carbocycles. The third-order valence-corrected chi connectivity index (χ3v) is 4.68. The van der Waals surface area contributed by atoms with Gasteiger partial charge in [-0.05, 0) is 30.7 Å². The number of hydrogen-bond donors (Lipinski definition) is 1. The number of carbonyl (C=O) groups excluding carboxylic acids is 1. The zero-order valence-electron chi connectivity index (χ0n) is 12.4. The normalized spacial score (nSPS) is 11.2. The molecule has 1 rings (SSSR count). The summed E-state index contributed by atoms with van der Waals surface area (Å²) >= 11 is 0. The van der Waals surface area contributed by atoms with Crippen LogP contribution < -0.4 is 10.1 Å². The first-order valence-electron chi connectivity index (χ1n) is 6.31. The predicted molar refractivity (Wildman–Crippen MR) is 80.8 cm³/mol. The average molecular weight is 312 g/mol. The summed E-state index contributed by atoms with van der Waals surface area (Å²) in [4.78, 5) is 11.7. The SMILES string of the molecule is C=CCNC(=O)CN(C)S(=O)(=O)c1ccc(OC)c(C)c1. The molecule has 0 aliphatic heterocycles. The molecule has 6 nitrogen and oxygen atoms in total. The number of nitrogens with zero attached hydrogens (tertiary/aromatic N) is 1. The van der Waals surface area contributed by atoms with Crippen molar-refractivity contribution in [3.05, 3.63) is 36.4 Å². The van der Waals surface area contributed by atoms with E-state index in [0.717, 1.165) is 4.31 Å². The Morgan fingerprint density at radius 2 is 2.14 bits per heavy atom. The van der Waals surface area contributed by atoms with Crippen LogP contribution in [0.5, 0.6) is 5.75 Å². The van der Waals surface area contributed by atoms with Crippen molar-refractivity contribution in [3.63, 3.8) is 0 Å². The summed E-state index contributed by atoms with van der Waals surface area (Å²) < 4.78 is 30.9. The second-order valence-corrected chi connectivity index (χ2v) is 6.53. The van der Waals surface area contributed by atoms with E-state index in [1.807, 2.05) is 0 Å². The topological polar surface area (TPSA) is 75.7 Å². The van der Waals surface area contributed by atoms with Crippen molar-refractivity contribution in [3.8, 4) is 5.75 Å². The van der Waals surface area contributed by atoms with Gasteiger partial charge in [0.15, 0.2) is 0 Å². The molecule has 0 aliphatic rings. The fraction of sp³-hybridized carbons (Fsp3) is 0.357. The number of hydrogen-bond acceptors (Lipinski definition) is 4. The Labute approximate surface area is 125 Å². The van der Waals surface area contributed by atoms with Gasteiger partial charge in [-0.2, -0.15) is 4.31 Å². The van der Waals surface area contributed by atoms with E-state index in [-0.39, 0.29) is 17.3 Å². The molecular weight excluding hydrogens is 292 g/mol. The maximum Gasteiger partial charge on any atom is 0.243 e. The van der Waals surface area contributed by atoms with Gasteiger partial charge in [0.1, 0.15) is 5.75 Å². The van der Waals surface area contributed by atoms with Crippen molar-refractivity contribution in [1.29, 1.82) is 0 Å². The lowest BCUT2D eigenvalue weighted by atomic mass is 10.2. The van der Waals surface area contributed by atoms with Gasteiger partial charge in [0, 0.05) is 13.6 Å². The summed E-state index contributed by atoms with van der Waals surface area (Å²) in [5, 5.41) is 2.53. The summed E-state index contributed by atoms with van der Waals surface area (Å²) in [5.74, 6) is 0.228. The van der Waals surface area contributed by atoms with Crippen LogP contribution >= 0.6 is 0 Å². The Kier molecular flexibility index (Phi) is 5.92. The first kappa shape index (κ1) is 17.2. The maximum absolute atomic E-state index is 12.4. The van der Waals surface area contributed by atoms with E-state index in [9.17, 15) is 13.2 Å². The summed E-state index contributed by atoms with van der Waals surface area (Å²) in [6, 6.07) is 4.57. The Morgan fingerprint density at radius 3 is 2.67 bits per heavy atom. The minimum absolute atomic E-state index is 0.125. The number of likely N-dealkylation sites (N-methyl/N-ethyl adjacent to an activating group) is 1. The molecule has 0 heterocycles. The molecule has 0 saturated heterocycles. The van der Waals surface area contributed by atoms with Gasteiger partial charge >= 0.3 is 0 Å². The molecule has 21 heavy (non-hydrogen) atoms. The van der Waals surface area contributed by atoms with Crippen molar-refractivity contribution >= 4 is 15.9 Å². The van der Waals surface area contributed by atoms with E-state index in [4.69, 9.17) is 4.74 Å². The fourth-order valence-electron chi connectivity index (χ4n) is 1.72. The monoisotopic (exact) mass is 312 g/mol. The van der Waals surface area contributed by atoms with Crippen molar-refractivity contribution in [2.24, 2.45) is 0 Å².